The molecule has 2 aromatic rings. The van der Waals surface area contributed by atoms with Gasteiger partial charge in [0.1, 0.15) is 6.54 Å². The van der Waals surface area contributed by atoms with Crippen LogP contribution in [0.25, 0.3) is 10.4 Å². The number of thiophene rings is 1. The Morgan fingerprint density at radius 2 is 2.04 bits per heavy atom. The van der Waals surface area contributed by atoms with Gasteiger partial charge < -0.3 is 15.2 Å². The number of benzene rings is 1. The van der Waals surface area contributed by atoms with Gasteiger partial charge in [-0.05, 0) is 49.7 Å². The van der Waals surface area contributed by atoms with E-state index in [1.54, 1.807) is 24.3 Å². The highest BCUT2D eigenvalue weighted by Crippen LogP contribution is 2.31. The van der Waals surface area contributed by atoms with Crippen LogP contribution in [0.3, 0.4) is 0 Å². The highest BCUT2D eigenvalue weighted by Gasteiger charge is 2.13. The lowest BCUT2D eigenvalue weighted by molar-refractivity contribution is -0.135. The Morgan fingerprint density at radius 1 is 1.30 bits per heavy atom. The van der Waals surface area contributed by atoms with Gasteiger partial charge in [-0.25, -0.2) is 4.39 Å². The van der Waals surface area contributed by atoms with Gasteiger partial charge in [-0.1, -0.05) is 0 Å². The molecule has 0 aliphatic rings. The summed E-state index contributed by atoms with van der Waals surface area (Å²) in [5, 5.41) is 10.8. The van der Waals surface area contributed by atoms with Gasteiger partial charge in [0.15, 0.2) is 11.6 Å². The summed E-state index contributed by atoms with van der Waals surface area (Å²) in [5.74, 6) is -1.87. The fourth-order valence-electron chi connectivity index (χ4n) is 1.86. The molecule has 1 heterocycles. The van der Waals surface area contributed by atoms with Crippen LogP contribution in [-0.2, 0) is 4.79 Å². The number of halogens is 1. The van der Waals surface area contributed by atoms with Crippen molar-refractivity contribution in [3.63, 3.8) is 0 Å². The number of hydrogen-bond donors (Lipinski definition) is 2. The average molecular weight is 337 g/mol. The van der Waals surface area contributed by atoms with E-state index in [-0.39, 0.29) is 11.9 Å². The second-order valence-electron chi connectivity index (χ2n) is 5.05. The highest BCUT2D eigenvalue weighted by atomic mass is 32.1. The number of carboxylic acids is 1. The van der Waals surface area contributed by atoms with Crippen molar-refractivity contribution in [2.24, 2.45) is 0 Å². The largest absolute Gasteiger partial charge is 0.488 e. The molecule has 0 bridgehead atoms. The first kappa shape index (κ1) is 17.0. The number of hydrogen-bond acceptors (Lipinski definition) is 4. The zero-order chi connectivity index (χ0) is 17.0. The lowest BCUT2D eigenvalue weighted by atomic mass is 10.2. The summed E-state index contributed by atoms with van der Waals surface area (Å²) < 4.78 is 19.3. The van der Waals surface area contributed by atoms with Gasteiger partial charge in [-0.2, -0.15) is 0 Å². The summed E-state index contributed by atoms with van der Waals surface area (Å²) in [6, 6.07) is 7.88. The first-order valence-electron chi connectivity index (χ1n) is 6.93. The molecule has 0 unspecified atom stereocenters. The van der Waals surface area contributed by atoms with Crippen LogP contribution in [0.4, 0.5) is 4.39 Å². The van der Waals surface area contributed by atoms with Crippen LogP contribution in [0.15, 0.2) is 30.3 Å². The van der Waals surface area contributed by atoms with Gasteiger partial charge >= 0.3 is 5.97 Å². The van der Waals surface area contributed by atoms with Crippen molar-refractivity contribution < 1.29 is 23.8 Å². The normalized spacial score (nSPS) is 10.6. The van der Waals surface area contributed by atoms with Crippen molar-refractivity contribution in [2.75, 3.05) is 6.54 Å². The minimum absolute atomic E-state index is 0.123. The SMILES string of the molecule is CC(C)Oc1ccc(-c2ccc(C(=O)NCC(=O)O)s2)cc1F. The summed E-state index contributed by atoms with van der Waals surface area (Å²) in [5.41, 5.74) is 0.626. The van der Waals surface area contributed by atoms with Crippen LogP contribution in [0.1, 0.15) is 23.5 Å². The maximum absolute atomic E-state index is 14.0. The predicted molar refractivity (Wildman–Crippen MR) is 85.4 cm³/mol. The number of nitrogens with one attached hydrogen (secondary N) is 1. The standard InChI is InChI=1S/C16H16FNO4S/c1-9(2)22-12-4-3-10(7-11(12)17)13-5-6-14(23-13)16(21)18-8-15(19)20/h3-7,9H,8H2,1-2H3,(H,18,21)(H,19,20). The smallest absolute Gasteiger partial charge is 0.322 e. The molecule has 2 rings (SSSR count). The Morgan fingerprint density at radius 3 is 2.65 bits per heavy atom. The lowest BCUT2D eigenvalue weighted by Crippen LogP contribution is -2.28. The second-order valence-corrected chi connectivity index (χ2v) is 6.14. The predicted octanol–water partition coefficient (Wildman–Crippen LogP) is 3.16. The Balaban J connectivity index is 2.15. The summed E-state index contributed by atoms with van der Waals surface area (Å²) in [4.78, 5) is 23.3. The van der Waals surface area contributed by atoms with E-state index in [9.17, 15) is 14.0 Å². The molecular weight excluding hydrogens is 321 g/mol. The molecule has 1 amide bonds. The number of carbonyl (C=O) groups is 2. The van der Waals surface area contributed by atoms with Crippen molar-refractivity contribution in [3.8, 4) is 16.2 Å². The van der Waals surface area contributed by atoms with Crippen LogP contribution in [0.2, 0.25) is 0 Å². The average Bonchev–Trinajstić information content (AvgIpc) is 2.96. The molecule has 1 aromatic heterocycles. The molecule has 0 radical (unpaired) electrons. The second kappa shape index (κ2) is 7.23. The van der Waals surface area contributed by atoms with Gasteiger partial charge in [-0.3, -0.25) is 9.59 Å². The third kappa shape index (κ3) is 4.53. The highest BCUT2D eigenvalue weighted by molar-refractivity contribution is 7.17. The number of carboxylic acid groups (broad SMARTS) is 1. The Kier molecular flexibility index (Phi) is 5.33. The Hall–Kier alpha value is -2.41. The topological polar surface area (TPSA) is 75.6 Å². The summed E-state index contributed by atoms with van der Waals surface area (Å²) in [6.45, 7) is 3.19. The monoisotopic (exact) mass is 337 g/mol. The van der Waals surface area contributed by atoms with E-state index in [1.165, 1.54) is 6.07 Å². The minimum Gasteiger partial charge on any atom is -0.488 e. The lowest BCUT2D eigenvalue weighted by Gasteiger charge is -2.11. The fourth-order valence-corrected chi connectivity index (χ4v) is 2.78. The van der Waals surface area contributed by atoms with Crippen LogP contribution >= 0.6 is 11.3 Å². The van der Waals surface area contributed by atoms with Crippen molar-refractivity contribution >= 4 is 23.2 Å². The quantitative estimate of drug-likeness (QED) is 0.849. The Bertz CT molecular complexity index is 727. The third-order valence-electron chi connectivity index (χ3n) is 2.81. The first-order chi connectivity index (χ1) is 10.9. The number of aliphatic carboxylic acids is 1. The van der Waals surface area contributed by atoms with Crippen LogP contribution in [0.5, 0.6) is 5.75 Å². The van der Waals surface area contributed by atoms with E-state index in [0.717, 1.165) is 11.3 Å². The summed E-state index contributed by atoms with van der Waals surface area (Å²) >= 11 is 1.16. The molecule has 5 nitrogen and oxygen atoms in total. The first-order valence-corrected chi connectivity index (χ1v) is 7.75. The van der Waals surface area contributed by atoms with Gasteiger partial charge in [0.2, 0.25) is 0 Å². The van der Waals surface area contributed by atoms with Crippen LogP contribution in [-0.4, -0.2) is 29.6 Å². The number of ether oxygens (including phenoxy) is 1. The molecule has 0 saturated heterocycles. The van der Waals surface area contributed by atoms with E-state index < -0.39 is 24.2 Å². The fraction of sp³-hybridized carbons (Fsp3) is 0.250. The Labute approximate surface area is 136 Å². The van der Waals surface area contributed by atoms with Crippen molar-refractivity contribution in [2.45, 2.75) is 20.0 Å². The summed E-state index contributed by atoms with van der Waals surface area (Å²) in [6.07, 6.45) is -0.123. The van der Waals surface area contributed by atoms with Crippen molar-refractivity contribution in [3.05, 3.63) is 41.0 Å². The zero-order valence-corrected chi connectivity index (χ0v) is 13.4. The van der Waals surface area contributed by atoms with Crippen LogP contribution < -0.4 is 10.1 Å². The number of rotatable bonds is 6. The molecule has 2 N–H and O–H groups in total. The number of amides is 1. The van der Waals surface area contributed by atoms with Gasteiger partial charge in [0, 0.05) is 4.88 Å². The molecule has 0 aliphatic carbocycles. The van der Waals surface area contributed by atoms with E-state index in [4.69, 9.17) is 9.84 Å². The third-order valence-corrected chi connectivity index (χ3v) is 3.94. The molecule has 23 heavy (non-hydrogen) atoms. The van der Waals surface area contributed by atoms with Gasteiger partial charge in [0.05, 0.1) is 11.0 Å². The maximum atomic E-state index is 14.0. The minimum atomic E-state index is -1.11. The molecule has 1 aromatic carbocycles. The molecular formula is C16H16FNO4S. The van der Waals surface area contributed by atoms with E-state index in [1.807, 2.05) is 13.8 Å². The summed E-state index contributed by atoms with van der Waals surface area (Å²) in [7, 11) is 0. The van der Waals surface area contributed by atoms with Gasteiger partial charge in [-0.15, -0.1) is 11.3 Å². The van der Waals surface area contributed by atoms with Crippen LogP contribution in [0, 0.1) is 5.82 Å². The molecule has 0 spiro atoms. The van der Waals surface area contributed by atoms with E-state index >= 15 is 0 Å². The zero-order valence-electron chi connectivity index (χ0n) is 12.6. The van der Waals surface area contributed by atoms with E-state index in [0.29, 0.717) is 15.3 Å². The molecule has 0 saturated carbocycles. The van der Waals surface area contributed by atoms with Gasteiger partial charge in [0.25, 0.3) is 5.91 Å². The van der Waals surface area contributed by atoms with E-state index in [2.05, 4.69) is 5.32 Å². The number of carbonyl (C=O) groups excluding carboxylic acids is 1. The maximum Gasteiger partial charge on any atom is 0.322 e. The van der Waals surface area contributed by atoms with Crippen molar-refractivity contribution in [1.82, 2.24) is 5.32 Å². The molecule has 7 heteroatoms. The molecule has 0 aliphatic heterocycles. The molecule has 0 atom stereocenters. The van der Waals surface area contributed by atoms with Crippen molar-refractivity contribution in [1.29, 1.82) is 0 Å². The molecule has 122 valence electrons. The molecule has 0 fully saturated rings.